The monoisotopic (exact) mass is 649 g/mol. The minimum absolute atomic E-state index is 0.0408. The number of allylic oxidation sites excluding steroid dienone is 1. The van der Waals surface area contributed by atoms with Crippen LogP contribution in [0.4, 0.5) is 0 Å². The van der Waals surface area contributed by atoms with Gasteiger partial charge in [-0.3, -0.25) is 9.36 Å². The highest BCUT2D eigenvalue weighted by atomic mass is 32.1. The SMILES string of the molecule is COc1ccc([C@@H]2C3=C(N=c4s/c(=C\c5cc(C)n(-c6ccc(-c7ccccc7)cc6)c5C)c(=O)n42)c2ccccc2CC3)cc1OC. The van der Waals surface area contributed by atoms with E-state index in [2.05, 4.69) is 97.3 Å². The summed E-state index contributed by atoms with van der Waals surface area (Å²) in [7, 11) is 3.28. The van der Waals surface area contributed by atoms with Crippen molar-refractivity contribution in [1.29, 1.82) is 0 Å². The molecule has 0 spiro atoms. The van der Waals surface area contributed by atoms with Gasteiger partial charge in [-0.15, -0.1) is 0 Å². The summed E-state index contributed by atoms with van der Waals surface area (Å²) in [5, 5.41) is 0. The highest BCUT2D eigenvalue weighted by Gasteiger charge is 2.33. The van der Waals surface area contributed by atoms with Crippen LogP contribution in [0.2, 0.25) is 0 Å². The highest BCUT2D eigenvalue weighted by molar-refractivity contribution is 7.07. The lowest BCUT2D eigenvalue weighted by Crippen LogP contribution is -2.38. The minimum atomic E-state index is -0.304. The van der Waals surface area contributed by atoms with Crippen molar-refractivity contribution in [2.75, 3.05) is 14.2 Å². The third-order valence-corrected chi connectivity index (χ3v) is 10.6. The molecule has 2 aliphatic rings. The van der Waals surface area contributed by atoms with Crippen LogP contribution in [0.25, 0.3) is 28.6 Å². The average molecular weight is 650 g/mol. The molecular formula is C41H35N3O3S. The van der Waals surface area contributed by atoms with E-state index < -0.39 is 0 Å². The fraction of sp³-hybridized carbons (Fsp3) is 0.171. The minimum Gasteiger partial charge on any atom is -0.493 e. The van der Waals surface area contributed by atoms with Gasteiger partial charge in [0.25, 0.3) is 5.56 Å². The molecule has 4 aromatic carbocycles. The maximum atomic E-state index is 14.4. The molecule has 48 heavy (non-hydrogen) atoms. The van der Waals surface area contributed by atoms with Crippen LogP contribution in [0.3, 0.4) is 0 Å². The van der Waals surface area contributed by atoms with Crippen LogP contribution < -0.4 is 24.4 Å². The molecule has 0 radical (unpaired) electrons. The fourth-order valence-electron chi connectivity index (χ4n) is 7.25. The van der Waals surface area contributed by atoms with Crippen molar-refractivity contribution in [2.24, 2.45) is 4.99 Å². The Labute approximate surface area is 283 Å². The molecular weight excluding hydrogens is 615 g/mol. The van der Waals surface area contributed by atoms with Gasteiger partial charge in [-0.2, -0.15) is 0 Å². The van der Waals surface area contributed by atoms with Gasteiger partial charge in [0, 0.05) is 22.6 Å². The van der Waals surface area contributed by atoms with E-state index in [9.17, 15) is 4.79 Å². The second kappa shape index (κ2) is 12.0. The first-order valence-electron chi connectivity index (χ1n) is 16.1. The number of ether oxygens (including phenoxy) is 2. The van der Waals surface area contributed by atoms with E-state index in [4.69, 9.17) is 14.5 Å². The van der Waals surface area contributed by atoms with Gasteiger partial charge >= 0.3 is 0 Å². The van der Waals surface area contributed by atoms with E-state index in [1.165, 1.54) is 28.0 Å². The number of methoxy groups -OCH3 is 2. The van der Waals surface area contributed by atoms with Gasteiger partial charge in [0.1, 0.15) is 0 Å². The van der Waals surface area contributed by atoms with Crippen LogP contribution in [-0.4, -0.2) is 23.4 Å². The van der Waals surface area contributed by atoms with Crippen LogP contribution in [0.15, 0.2) is 118 Å². The summed E-state index contributed by atoms with van der Waals surface area (Å²) in [5.74, 6) is 1.29. The summed E-state index contributed by atoms with van der Waals surface area (Å²) in [6.45, 7) is 4.22. The van der Waals surface area contributed by atoms with Crippen molar-refractivity contribution in [3.05, 3.63) is 162 Å². The lowest BCUT2D eigenvalue weighted by atomic mass is 9.83. The molecule has 8 rings (SSSR count). The van der Waals surface area contributed by atoms with Gasteiger partial charge in [0.05, 0.1) is 30.5 Å². The van der Waals surface area contributed by atoms with Crippen molar-refractivity contribution >= 4 is 23.1 Å². The molecule has 0 amide bonds. The van der Waals surface area contributed by atoms with Crippen molar-refractivity contribution in [2.45, 2.75) is 32.7 Å². The first-order valence-corrected chi connectivity index (χ1v) is 17.0. The van der Waals surface area contributed by atoms with Gasteiger partial charge in [-0.1, -0.05) is 84.1 Å². The van der Waals surface area contributed by atoms with Crippen LogP contribution in [0.1, 0.15) is 46.1 Å². The summed E-state index contributed by atoms with van der Waals surface area (Å²) in [6.07, 6.45) is 3.75. The lowest BCUT2D eigenvalue weighted by Gasteiger charge is -2.31. The molecule has 1 atom stereocenters. The van der Waals surface area contributed by atoms with E-state index >= 15 is 0 Å². The molecule has 1 aliphatic heterocycles. The number of thiazole rings is 1. The summed E-state index contributed by atoms with van der Waals surface area (Å²) in [6, 6.07) is 35.3. The van der Waals surface area contributed by atoms with Crippen LogP contribution in [0, 0.1) is 13.8 Å². The van der Waals surface area contributed by atoms with Crippen LogP contribution in [-0.2, 0) is 6.42 Å². The number of hydrogen-bond acceptors (Lipinski definition) is 5. The van der Waals surface area contributed by atoms with E-state index in [1.807, 2.05) is 34.9 Å². The first-order chi connectivity index (χ1) is 23.4. The Balaban J connectivity index is 1.26. The number of rotatable bonds is 6. The molecule has 0 fully saturated rings. The normalized spacial score (nSPS) is 15.4. The smallest absolute Gasteiger partial charge is 0.271 e. The Hall–Kier alpha value is -5.40. The van der Waals surface area contributed by atoms with Crippen molar-refractivity contribution in [1.82, 2.24) is 9.13 Å². The predicted molar refractivity (Wildman–Crippen MR) is 193 cm³/mol. The van der Waals surface area contributed by atoms with E-state index in [-0.39, 0.29) is 11.6 Å². The predicted octanol–water partition coefficient (Wildman–Crippen LogP) is 7.41. The molecule has 0 bridgehead atoms. The summed E-state index contributed by atoms with van der Waals surface area (Å²) < 4.78 is 16.0. The van der Waals surface area contributed by atoms with Crippen molar-refractivity contribution < 1.29 is 9.47 Å². The summed E-state index contributed by atoms with van der Waals surface area (Å²) in [4.78, 5) is 20.3. The Morgan fingerprint density at radius 2 is 1.54 bits per heavy atom. The molecule has 238 valence electrons. The zero-order valence-corrected chi connectivity index (χ0v) is 28.2. The number of hydrogen-bond donors (Lipinski definition) is 0. The summed E-state index contributed by atoms with van der Waals surface area (Å²) in [5.41, 5.74) is 12.1. The molecule has 3 heterocycles. The van der Waals surface area contributed by atoms with Crippen LogP contribution >= 0.6 is 11.3 Å². The Morgan fingerprint density at radius 1 is 0.812 bits per heavy atom. The van der Waals surface area contributed by atoms with Gasteiger partial charge < -0.3 is 14.0 Å². The Bertz CT molecular complexity index is 2410. The molecule has 0 saturated heterocycles. The average Bonchev–Trinajstić information content (AvgIpc) is 3.59. The number of aromatic nitrogens is 2. The summed E-state index contributed by atoms with van der Waals surface area (Å²) >= 11 is 1.45. The highest BCUT2D eigenvalue weighted by Crippen LogP contribution is 2.43. The molecule has 6 aromatic rings. The molecule has 6 nitrogen and oxygen atoms in total. The number of nitrogens with zero attached hydrogens (tertiary/aromatic N) is 3. The van der Waals surface area contributed by atoms with Crippen LogP contribution in [0.5, 0.6) is 11.5 Å². The third-order valence-electron chi connectivity index (χ3n) is 9.59. The largest absolute Gasteiger partial charge is 0.493 e. The molecule has 0 unspecified atom stereocenters. The van der Waals surface area contributed by atoms with Gasteiger partial charge in [-0.05, 0) is 96.5 Å². The van der Waals surface area contributed by atoms with Gasteiger partial charge in [0.2, 0.25) is 0 Å². The number of aryl methyl sites for hydroxylation is 2. The second-order valence-electron chi connectivity index (χ2n) is 12.3. The van der Waals surface area contributed by atoms with Gasteiger partial charge in [0.15, 0.2) is 16.3 Å². The zero-order chi connectivity index (χ0) is 32.9. The zero-order valence-electron chi connectivity index (χ0n) is 27.4. The lowest BCUT2D eigenvalue weighted by molar-refractivity contribution is 0.354. The fourth-order valence-corrected chi connectivity index (χ4v) is 8.24. The second-order valence-corrected chi connectivity index (χ2v) is 13.3. The molecule has 1 aliphatic carbocycles. The maximum Gasteiger partial charge on any atom is 0.271 e. The van der Waals surface area contributed by atoms with E-state index in [1.54, 1.807) is 14.2 Å². The topological polar surface area (TPSA) is 57.8 Å². The van der Waals surface area contributed by atoms with Crippen molar-refractivity contribution in [3.8, 4) is 28.3 Å². The third kappa shape index (κ3) is 4.93. The van der Waals surface area contributed by atoms with Gasteiger partial charge in [-0.25, -0.2) is 4.99 Å². The molecule has 0 N–H and O–H groups in total. The standard InChI is InChI=1S/C41H35N3O3S/c1-25-22-31(26(2)43(25)32-18-14-28(15-19-32)27-10-6-5-7-11-27)24-37-40(45)44-39(30-17-21-35(46-3)36(23-30)47-4)34-20-16-29-12-8-9-13-33(29)38(34)42-41(44)48-37/h5-15,17-19,21-24,39H,16,20H2,1-4H3/b37-24-/t39-/m1/s1. The van der Waals surface area contributed by atoms with E-state index in [0.29, 0.717) is 20.8 Å². The Kier molecular flexibility index (Phi) is 7.49. The molecule has 2 aromatic heterocycles. The molecule has 0 saturated carbocycles. The quantitative estimate of drug-likeness (QED) is 0.189. The molecule has 7 heteroatoms. The van der Waals surface area contributed by atoms with E-state index in [0.717, 1.165) is 57.9 Å². The first kappa shape index (κ1) is 30.0. The number of benzene rings is 4. The number of fused-ring (bicyclic) bond motifs is 3. The van der Waals surface area contributed by atoms with Crippen molar-refractivity contribution in [3.63, 3.8) is 0 Å². The maximum absolute atomic E-state index is 14.4. The Morgan fingerprint density at radius 3 is 2.31 bits per heavy atom.